The van der Waals surface area contributed by atoms with Gasteiger partial charge in [-0.05, 0) is 38.8 Å². The molecule has 0 saturated heterocycles. The Hall–Kier alpha value is -1.79. The van der Waals surface area contributed by atoms with Crippen LogP contribution in [0.4, 0.5) is 18.0 Å². The van der Waals surface area contributed by atoms with E-state index in [0.29, 0.717) is 26.1 Å². The summed E-state index contributed by atoms with van der Waals surface area (Å²) < 4.78 is 42.1. The molecule has 0 aliphatic rings. The summed E-state index contributed by atoms with van der Waals surface area (Å²) in [7, 11) is 1.48. The fraction of sp³-hybridized carbons (Fsp3) is 0.632. The number of nitrogens with one attached hydrogen (secondary N) is 2. The standard InChI is InChI=1S/C19H30F3N5O2.HI/c1-18(2,3)29-17(28)27(14-15-7-5-9-24-13-15)12-6-10-25-16(23-4)26-11-8-19(20,21)22;/h5,7,9,13H,6,8,10-12,14H2,1-4H3,(H2,23,25,26);1H. The van der Waals surface area contributed by atoms with Crippen LogP contribution in [0, 0.1) is 0 Å². The lowest BCUT2D eigenvalue weighted by Crippen LogP contribution is -2.41. The Balaban J connectivity index is 0.00000841. The molecule has 30 heavy (non-hydrogen) atoms. The molecule has 0 spiro atoms. The zero-order valence-electron chi connectivity index (χ0n) is 17.8. The maximum absolute atomic E-state index is 12.5. The summed E-state index contributed by atoms with van der Waals surface area (Å²) in [5.74, 6) is 0.283. The molecule has 1 heterocycles. The summed E-state index contributed by atoms with van der Waals surface area (Å²) in [5, 5.41) is 5.56. The van der Waals surface area contributed by atoms with Gasteiger partial charge in [-0.15, -0.1) is 24.0 Å². The summed E-state index contributed by atoms with van der Waals surface area (Å²) in [6, 6.07) is 3.66. The number of hydrogen-bond acceptors (Lipinski definition) is 4. The molecule has 0 saturated carbocycles. The van der Waals surface area contributed by atoms with Crippen molar-refractivity contribution in [3.8, 4) is 0 Å². The van der Waals surface area contributed by atoms with E-state index in [1.807, 2.05) is 6.07 Å². The van der Waals surface area contributed by atoms with Crippen LogP contribution in [0.5, 0.6) is 0 Å². The number of carbonyl (C=O) groups is 1. The lowest BCUT2D eigenvalue weighted by atomic mass is 10.2. The molecule has 0 aliphatic carbocycles. The molecule has 11 heteroatoms. The monoisotopic (exact) mass is 545 g/mol. The number of carbonyl (C=O) groups excluding carboxylic acids is 1. The molecule has 0 bridgehead atoms. The lowest BCUT2D eigenvalue weighted by molar-refractivity contribution is -0.132. The van der Waals surface area contributed by atoms with E-state index in [1.54, 1.807) is 44.1 Å². The first kappa shape index (κ1) is 28.2. The van der Waals surface area contributed by atoms with E-state index in [-0.39, 0.29) is 36.5 Å². The van der Waals surface area contributed by atoms with Crippen molar-refractivity contribution in [3.63, 3.8) is 0 Å². The maximum Gasteiger partial charge on any atom is 0.410 e. The number of halogens is 4. The first-order valence-corrected chi connectivity index (χ1v) is 9.38. The molecule has 1 rings (SSSR count). The van der Waals surface area contributed by atoms with E-state index >= 15 is 0 Å². The Labute approximate surface area is 192 Å². The van der Waals surface area contributed by atoms with Crippen molar-refractivity contribution < 1.29 is 22.7 Å². The average Bonchev–Trinajstić information content (AvgIpc) is 2.61. The van der Waals surface area contributed by atoms with Crippen LogP contribution in [0.25, 0.3) is 0 Å². The Bertz CT molecular complexity index is 652. The van der Waals surface area contributed by atoms with Gasteiger partial charge in [0.25, 0.3) is 0 Å². The van der Waals surface area contributed by atoms with Gasteiger partial charge in [-0.1, -0.05) is 6.07 Å². The summed E-state index contributed by atoms with van der Waals surface area (Å²) in [5.41, 5.74) is 0.253. The van der Waals surface area contributed by atoms with Crippen LogP contribution in [0.1, 0.15) is 39.2 Å². The predicted molar refractivity (Wildman–Crippen MR) is 121 cm³/mol. The predicted octanol–water partition coefficient (Wildman–Crippen LogP) is 3.94. The molecule has 172 valence electrons. The highest BCUT2D eigenvalue weighted by Gasteiger charge is 2.26. The van der Waals surface area contributed by atoms with Crippen molar-refractivity contribution in [2.75, 3.05) is 26.7 Å². The van der Waals surface area contributed by atoms with Crippen LogP contribution in [-0.2, 0) is 11.3 Å². The van der Waals surface area contributed by atoms with Crippen molar-refractivity contribution in [3.05, 3.63) is 30.1 Å². The number of aliphatic imine (C=N–C) groups is 1. The minimum atomic E-state index is -4.22. The van der Waals surface area contributed by atoms with E-state index in [0.717, 1.165) is 5.56 Å². The zero-order chi connectivity index (χ0) is 21.9. The van der Waals surface area contributed by atoms with Gasteiger partial charge in [0.15, 0.2) is 5.96 Å². The molecule has 0 unspecified atom stereocenters. The number of hydrogen-bond donors (Lipinski definition) is 2. The fourth-order valence-corrected chi connectivity index (χ4v) is 2.29. The number of alkyl halides is 3. The number of ether oxygens (including phenoxy) is 1. The quantitative estimate of drug-likeness (QED) is 0.224. The van der Waals surface area contributed by atoms with Crippen LogP contribution >= 0.6 is 24.0 Å². The maximum atomic E-state index is 12.5. The van der Waals surface area contributed by atoms with Gasteiger partial charge in [-0.25, -0.2) is 4.79 Å². The average molecular weight is 545 g/mol. The van der Waals surface area contributed by atoms with Crippen molar-refractivity contribution in [1.82, 2.24) is 20.5 Å². The Morgan fingerprint density at radius 1 is 1.23 bits per heavy atom. The van der Waals surface area contributed by atoms with Gasteiger partial charge in [0, 0.05) is 39.1 Å². The molecule has 0 aliphatic heterocycles. The molecule has 0 fully saturated rings. The summed E-state index contributed by atoms with van der Waals surface area (Å²) in [6.07, 6.45) is -1.70. The highest BCUT2D eigenvalue weighted by molar-refractivity contribution is 14.0. The number of rotatable bonds is 8. The highest BCUT2D eigenvalue weighted by Crippen LogP contribution is 2.18. The third-order valence-corrected chi connectivity index (χ3v) is 3.57. The van der Waals surface area contributed by atoms with Crippen LogP contribution in [-0.4, -0.2) is 60.4 Å². The van der Waals surface area contributed by atoms with Crippen LogP contribution in [0.15, 0.2) is 29.5 Å². The van der Waals surface area contributed by atoms with Gasteiger partial charge in [0.1, 0.15) is 5.60 Å². The van der Waals surface area contributed by atoms with Gasteiger partial charge in [0.05, 0.1) is 13.0 Å². The summed E-state index contributed by atoms with van der Waals surface area (Å²) >= 11 is 0. The second-order valence-electron chi connectivity index (χ2n) is 7.41. The highest BCUT2D eigenvalue weighted by atomic mass is 127. The van der Waals surface area contributed by atoms with Crippen molar-refractivity contribution in [2.24, 2.45) is 4.99 Å². The van der Waals surface area contributed by atoms with E-state index < -0.39 is 24.3 Å². The van der Waals surface area contributed by atoms with Crippen molar-refractivity contribution in [2.45, 2.75) is 51.9 Å². The third kappa shape index (κ3) is 13.4. The van der Waals surface area contributed by atoms with Gasteiger partial charge in [-0.3, -0.25) is 9.98 Å². The SMILES string of the molecule is CN=C(NCCCN(Cc1cccnc1)C(=O)OC(C)(C)C)NCCC(F)(F)F.I. The molecular formula is C19H31F3IN5O2. The molecular weight excluding hydrogens is 514 g/mol. The molecule has 1 aromatic heterocycles. The fourth-order valence-electron chi connectivity index (χ4n) is 2.29. The zero-order valence-corrected chi connectivity index (χ0v) is 20.1. The number of aromatic nitrogens is 1. The second-order valence-corrected chi connectivity index (χ2v) is 7.41. The van der Waals surface area contributed by atoms with E-state index in [4.69, 9.17) is 4.74 Å². The molecule has 1 amide bonds. The van der Waals surface area contributed by atoms with Crippen LogP contribution in [0.2, 0.25) is 0 Å². The van der Waals surface area contributed by atoms with Crippen LogP contribution in [0.3, 0.4) is 0 Å². The molecule has 0 radical (unpaired) electrons. The normalized spacial score (nSPS) is 12.0. The third-order valence-electron chi connectivity index (χ3n) is 3.57. The second kappa shape index (κ2) is 13.5. The van der Waals surface area contributed by atoms with Gasteiger partial charge in [0.2, 0.25) is 0 Å². The Kier molecular flexibility index (Phi) is 12.7. The smallest absolute Gasteiger partial charge is 0.410 e. The van der Waals surface area contributed by atoms with Crippen molar-refractivity contribution in [1.29, 1.82) is 0 Å². The molecule has 1 aromatic rings. The van der Waals surface area contributed by atoms with E-state index in [2.05, 4.69) is 20.6 Å². The van der Waals surface area contributed by atoms with E-state index in [9.17, 15) is 18.0 Å². The van der Waals surface area contributed by atoms with Gasteiger partial charge >= 0.3 is 12.3 Å². The minimum Gasteiger partial charge on any atom is -0.444 e. The lowest BCUT2D eigenvalue weighted by Gasteiger charge is -2.27. The van der Waals surface area contributed by atoms with E-state index in [1.165, 1.54) is 7.05 Å². The topological polar surface area (TPSA) is 78.9 Å². The first-order valence-electron chi connectivity index (χ1n) is 9.38. The van der Waals surface area contributed by atoms with Crippen LogP contribution < -0.4 is 10.6 Å². The molecule has 0 aromatic carbocycles. The summed E-state index contributed by atoms with van der Waals surface area (Å²) in [4.78, 5) is 22.0. The Morgan fingerprint density at radius 2 is 1.90 bits per heavy atom. The molecule has 0 atom stereocenters. The minimum absolute atomic E-state index is 0. The Morgan fingerprint density at radius 3 is 2.43 bits per heavy atom. The van der Waals surface area contributed by atoms with Gasteiger partial charge in [-0.2, -0.15) is 13.2 Å². The number of pyridine rings is 1. The number of nitrogens with zero attached hydrogens (tertiary/aromatic N) is 3. The molecule has 7 nitrogen and oxygen atoms in total. The van der Waals surface area contributed by atoms with Gasteiger partial charge < -0.3 is 20.3 Å². The molecule has 2 N–H and O–H groups in total. The largest absolute Gasteiger partial charge is 0.444 e. The van der Waals surface area contributed by atoms with Crippen molar-refractivity contribution >= 4 is 36.0 Å². The number of amides is 1. The first-order chi connectivity index (χ1) is 13.5. The number of guanidine groups is 1. The summed E-state index contributed by atoms with van der Waals surface area (Å²) in [6.45, 7) is 6.31.